The van der Waals surface area contributed by atoms with Gasteiger partial charge >= 0.3 is 5.97 Å². The second-order valence-electron chi connectivity index (χ2n) is 4.46. The van der Waals surface area contributed by atoms with Crippen LogP contribution in [-0.4, -0.2) is 25.7 Å². The van der Waals surface area contributed by atoms with Gasteiger partial charge in [-0.25, -0.2) is 0 Å². The van der Waals surface area contributed by atoms with Crippen molar-refractivity contribution in [3.8, 4) is 5.75 Å². The van der Waals surface area contributed by atoms with E-state index >= 15 is 0 Å². The summed E-state index contributed by atoms with van der Waals surface area (Å²) >= 11 is 0. The molecule has 0 aliphatic carbocycles. The minimum Gasteiger partial charge on any atom is -0.497 e. The summed E-state index contributed by atoms with van der Waals surface area (Å²) in [4.78, 5) is 11.8. The third-order valence-corrected chi connectivity index (χ3v) is 3.13. The Kier molecular flexibility index (Phi) is 4.59. The summed E-state index contributed by atoms with van der Waals surface area (Å²) in [5, 5.41) is 3.18. The molecule has 0 saturated carbocycles. The SMILES string of the molecule is COc1ccc(COC(=O)[C@H]2CCCCN2)cc1. The van der Waals surface area contributed by atoms with Crippen LogP contribution in [0.15, 0.2) is 24.3 Å². The van der Waals surface area contributed by atoms with Crippen LogP contribution in [0.5, 0.6) is 5.75 Å². The lowest BCUT2D eigenvalue weighted by Crippen LogP contribution is -2.41. The van der Waals surface area contributed by atoms with Crippen LogP contribution in [-0.2, 0) is 16.1 Å². The Morgan fingerprint density at radius 2 is 2.11 bits per heavy atom. The maximum absolute atomic E-state index is 11.8. The number of rotatable bonds is 4. The lowest BCUT2D eigenvalue weighted by atomic mass is 10.1. The largest absolute Gasteiger partial charge is 0.497 e. The van der Waals surface area contributed by atoms with Crippen molar-refractivity contribution in [1.29, 1.82) is 0 Å². The molecule has 1 aliphatic heterocycles. The van der Waals surface area contributed by atoms with Gasteiger partial charge in [0.25, 0.3) is 0 Å². The predicted molar refractivity (Wildman–Crippen MR) is 68.4 cm³/mol. The van der Waals surface area contributed by atoms with Crippen LogP contribution in [0.25, 0.3) is 0 Å². The van der Waals surface area contributed by atoms with E-state index in [4.69, 9.17) is 9.47 Å². The Hall–Kier alpha value is -1.55. The van der Waals surface area contributed by atoms with Gasteiger partial charge in [0.15, 0.2) is 0 Å². The van der Waals surface area contributed by atoms with Crippen molar-refractivity contribution in [1.82, 2.24) is 5.32 Å². The topological polar surface area (TPSA) is 47.6 Å². The molecular formula is C14H19NO3. The molecule has 1 N–H and O–H groups in total. The monoisotopic (exact) mass is 249 g/mol. The fraction of sp³-hybridized carbons (Fsp3) is 0.500. The zero-order valence-corrected chi connectivity index (χ0v) is 10.6. The number of ether oxygens (including phenoxy) is 2. The molecule has 1 aromatic carbocycles. The van der Waals surface area contributed by atoms with Gasteiger partial charge in [-0.05, 0) is 37.1 Å². The van der Waals surface area contributed by atoms with Crippen molar-refractivity contribution in [2.45, 2.75) is 31.9 Å². The number of benzene rings is 1. The summed E-state index contributed by atoms with van der Waals surface area (Å²) in [6.07, 6.45) is 3.11. The average Bonchev–Trinajstić information content (AvgIpc) is 2.46. The van der Waals surface area contributed by atoms with E-state index in [0.29, 0.717) is 6.61 Å². The minimum absolute atomic E-state index is 0.128. The van der Waals surface area contributed by atoms with Crippen LogP contribution in [0.3, 0.4) is 0 Å². The highest BCUT2D eigenvalue weighted by molar-refractivity contribution is 5.75. The van der Waals surface area contributed by atoms with E-state index in [1.54, 1.807) is 7.11 Å². The Balaban J connectivity index is 1.80. The molecule has 1 fully saturated rings. The van der Waals surface area contributed by atoms with Crippen LogP contribution >= 0.6 is 0 Å². The van der Waals surface area contributed by atoms with Crippen LogP contribution in [0.4, 0.5) is 0 Å². The molecule has 98 valence electrons. The Labute approximate surface area is 107 Å². The van der Waals surface area contributed by atoms with Gasteiger partial charge in [0.1, 0.15) is 18.4 Å². The van der Waals surface area contributed by atoms with Crippen LogP contribution in [0.2, 0.25) is 0 Å². The molecule has 0 unspecified atom stereocenters. The van der Waals surface area contributed by atoms with Crippen molar-refractivity contribution < 1.29 is 14.3 Å². The van der Waals surface area contributed by atoms with Crippen LogP contribution in [0, 0.1) is 0 Å². The maximum atomic E-state index is 11.8. The first-order chi connectivity index (χ1) is 8.79. The average molecular weight is 249 g/mol. The number of piperidine rings is 1. The first-order valence-corrected chi connectivity index (χ1v) is 6.32. The van der Waals surface area contributed by atoms with Gasteiger partial charge in [-0.2, -0.15) is 0 Å². The molecule has 0 aromatic heterocycles. The molecule has 1 heterocycles. The molecule has 0 radical (unpaired) electrons. The first-order valence-electron chi connectivity index (χ1n) is 6.32. The van der Waals surface area contributed by atoms with Gasteiger partial charge < -0.3 is 14.8 Å². The normalized spacial score (nSPS) is 19.3. The summed E-state index contributed by atoms with van der Waals surface area (Å²) < 4.78 is 10.4. The van der Waals surface area contributed by atoms with Gasteiger partial charge in [-0.3, -0.25) is 4.79 Å². The molecule has 2 rings (SSSR count). The molecule has 18 heavy (non-hydrogen) atoms. The fourth-order valence-electron chi connectivity index (χ4n) is 2.03. The van der Waals surface area contributed by atoms with Crippen molar-refractivity contribution in [3.05, 3.63) is 29.8 Å². The van der Waals surface area contributed by atoms with E-state index in [-0.39, 0.29) is 12.0 Å². The van der Waals surface area contributed by atoms with E-state index in [2.05, 4.69) is 5.32 Å². The second kappa shape index (κ2) is 6.40. The van der Waals surface area contributed by atoms with E-state index in [9.17, 15) is 4.79 Å². The smallest absolute Gasteiger partial charge is 0.323 e. The Morgan fingerprint density at radius 1 is 1.33 bits per heavy atom. The fourth-order valence-corrected chi connectivity index (χ4v) is 2.03. The van der Waals surface area contributed by atoms with Crippen LogP contribution < -0.4 is 10.1 Å². The molecule has 4 nitrogen and oxygen atoms in total. The van der Waals surface area contributed by atoms with Gasteiger partial charge in [0, 0.05) is 0 Å². The van der Waals surface area contributed by atoms with E-state index in [1.165, 1.54) is 0 Å². The predicted octanol–water partition coefficient (Wildman–Crippen LogP) is 1.88. The van der Waals surface area contributed by atoms with Crippen molar-refractivity contribution in [3.63, 3.8) is 0 Å². The number of methoxy groups -OCH3 is 1. The molecule has 1 saturated heterocycles. The lowest BCUT2D eigenvalue weighted by molar-refractivity contribution is -0.148. The summed E-state index contributed by atoms with van der Waals surface area (Å²) in [7, 11) is 1.63. The van der Waals surface area contributed by atoms with Crippen molar-refractivity contribution in [2.75, 3.05) is 13.7 Å². The van der Waals surface area contributed by atoms with Gasteiger partial charge in [0.2, 0.25) is 0 Å². The number of carbonyl (C=O) groups excluding carboxylic acids is 1. The molecular weight excluding hydrogens is 230 g/mol. The Bertz CT molecular complexity index is 383. The lowest BCUT2D eigenvalue weighted by Gasteiger charge is -2.21. The maximum Gasteiger partial charge on any atom is 0.323 e. The van der Waals surface area contributed by atoms with Crippen LogP contribution in [0.1, 0.15) is 24.8 Å². The van der Waals surface area contributed by atoms with Gasteiger partial charge in [-0.15, -0.1) is 0 Å². The number of hydrogen-bond acceptors (Lipinski definition) is 4. The molecule has 0 spiro atoms. The van der Waals surface area contributed by atoms with Gasteiger partial charge in [-0.1, -0.05) is 18.6 Å². The summed E-state index contributed by atoms with van der Waals surface area (Å²) in [5.74, 6) is 0.657. The summed E-state index contributed by atoms with van der Waals surface area (Å²) in [6, 6.07) is 7.40. The molecule has 4 heteroatoms. The molecule has 1 atom stereocenters. The second-order valence-corrected chi connectivity index (χ2v) is 4.46. The highest BCUT2D eigenvalue weighted by atomic mass is 16.5. The number of carbonyl (C=O) groups is 1. The molecule has 0 amide bonds. The zero-order chi connectivity index (χ0) is 12.8. The third kappa shape index (κ3) is 3.47. The van der Waals surface area contributed by atoms with Gasteiger partial charge in [0.05, 0.1) is 7.11 Å². The third-order valence-electron chi connectivity index (χ3n) is 3.13. The first kappa shape index (κ1) is 12.9. The summed E-state index contributed by atoms with van der Waals surface area (Å²) in [5.41, 5.74) is 0.972. The standard InChI is InChI=1S/C14H19NO3/c1-17-12-7-5-11(6-8-12)10-18-14(16)13-4-2-3-9-15-13/h5-8,13,15H,2-4,9-10H2,1H3/t13-/m1/s1. The highest BCUT2D eigenvalue weighted by Gasteiger charge is 2.21. The quantitative estimate of drug-likeness (QED) is 0.828. The number of esters is 1. The van der Waals surface area contributed by atoms with E-state index in [1.807, 2.05) is 24.3 Å². The van der Waals surface area contributed by atoms with E-state index in [0.717, 1.165) is 37.1 Å². The number of hydrogen-bond donors (Lipinski definition) is 1. The molecule has 1 aliphatic rings. The van der Waals surface area contributed by atoms with E-state index < -0.39 is 0 Å². The minimum atomic E-state index is -0.148. The Morgan fingerprint density at radius 3 is 2.72 bits per heavy atom. The van der Waals surface area contributed by atoms with Crippen molar-refractivity contribution >= 4 is 5.97 Å². The van der Waals surface area contributed by atoms with Crippen molar-refractivity contribution in [2.24, 2.45) is 0 Å². The number of nitrogens with one attached hydrogen (secondary N) is 1. The summed E-state index contributed by atoms with van der Waals surface area (Å²) in [6.45, 7) is 1.23. The zero-order valence-electron chi connectivity index (χ0n) is 10.6. The molecule has 0 bridgehead atoms. The highest BCUT2D eigenvalue weighted by Crippen LogP contribution is 2.13. The molecule has 1 aromatic rings.